The Kier molecular flexibility index (Phi) is 4.41. The van der Waals surface area contributed by atoms with Crippen LogP contribution in [-0.4, -0.2) is 18.6 Å². The summed E-state index contributed by atoms with van der Waals surface area (Å²) in [5.74, 6) is 2.43. The second-order valence-electron chi connectivity index (χ2n) is 1.22. The Bertz CT molecular complexity index is 62.5. The average molecular weight is 119 g/mol. The molecule has 0 spiro atoms. The van der Waals surface area contributed by atoms with Crippen LogP contribution >= 0.6 is 0 Å². The van der Waals surface area contributed by atoms with Crippen LogP contribution in [0.25, 0.3) is 0 Å². The summed E-state index contributed by atoms with van der Waals surface area (Å²) < 4.78 is 4.15. The molecule has 2 heteroatoms. The van der Waals surface area contributed by atoms with Crippen molar-refractivity contribution in [1.82, 2.24) is 0 Å². The summed E-state index contributed by atoms with van der Waals surface area (Å²) in [6, 6.07) is 0. The van der Waals surface area contributed by atoms with Gasteiger partial charge in [0, 0.05) is 18.6 Å². The maximum Gasteiger partial charge on any atom is 0.0346 e. The van der Waals surface area contributed by atoms with Gasteiger partial charge in [-0.2, -0.15) is 0 Å². The van der Waals surface area contributed by atoms with Crippen LogP contribution in [0.1, 0.15) is 13.8 Å². The van der Waals surface area contributed by atoms with Crippen LogP contribution in [0.4, 0.5) is 0 Å². The summed E-state index contributed by atoms with van der Waals surface area (Å²) in [5, 5.41) is 0. The van der Waals surface area contributed by atoms with Gasteiger partial charge in [0.2, 0.25) is 0 Å². The number of rotatable bonds is 2. The molecule has 0 heterocycles. The smallest absolute Gasteiger partial charge is 0.0346 e. The number of hydrogen-bond acceptors (Lipinski definition) is 1. The first-order valence-electron chi connectivity index (χ1n) is 2.62. The van der Waals surface area contributed by atoms with Gasteiger partial charge in [-0.3, -0.25) is 4.36 Å². The van der Waals surface area contributed by atoms with Crippen LogP contribution in [-0.2, 0) is 10.7 Å². The van der Waals surface area contributed by atoms with E-state index in [1.165, 1.54) is 11.5 Å². The van der Waals surface area contributed by atoms with Crippen LogP contribution in [0.3, 0.4) is 0 Å². The van der Waals surface area contributed by atoms with Gasteiger partial charge in [0.15, 0.2) is 0 Å². The van der Waals surface area contributed by atoms with Crippen molar-refractivity contribution in [3.05, 3.63) is 0 Å². The minimum atomic E-state index is 0.380. The fourth-order valence-electron chi connectivity index (χ4n) is 0.462. The summed E-state index contributed by atoms with van der Waals surface area (Å²) in [6.07, 6.45) is 0. The molecule has 0 aliphatic heterocycles. The molecule has 0 radical (unpaired) electrons. The summed E-state index contributed by atoms with van der Waals surface area (Å²) in [4.78, 5) is 0. The van der Waals surface area contributed by atoms with Gasteiger partial charge in [-0.1, -0.05) is 13.8 Å². The lowest BCUT2D eigenvalue weighted by Gasteiger charge is -1.94. The molecule has 0 aromatic rings. The molecule has 0 bridgehead atoms. The zero-order valence-corrected chi connectivity index (χ0v) is 6.09. The molecular formula is C5H13NS. The van der Waals surface area contributed by atoms with E-state index in [9.17, 15) is 0 Å². The number of nitrogens with zero attached hydrogens (tertiary/aromatic N) is 1. The third kappa shape index (κ3) is 2.80. The van der Waals surface area contributed by atoms with Crippen molar-refractivity contribution in [2.24, 2.45) is 4.36 Å². The molecule has 0 aliphatic rings. The third-order valence-corrected chi connectivity index (χ3v) is 2.77. The fraction of sp³-hybridized carbons (Fsp3) is 1.00. The van der Waals surface area contributed by atoms with Gasteiger partial charge in [-0.25, -0.2) is 0 Å². The van der Waals surface area contributed by atoms with Gasteiger partial charge in [0.25, 0.3) is 0 Å². The van der Waals surface area contributed by atoms with Crippen molar-refractivity contribution < 1.29 is 0 Å². The van der Waals surface area contributed by atoms with E-state index in [4.69, 9.17) is 0 Å². The molecule has 7 heavy (non-hydrogen) atoms. The molecule has 0 amide bonds. The molecule has 0 aromatic heterocycles. The van der Waals surface area contributed by atoms with Crippen molar-refractivity contribution in [3.63, 3.8) is 0 Å². The van der Waals surface area contributed by atoms with Gasteiger partial charge in [0.05, 0.1) is 0 Å². The Hall–Kier alpha value is 0.150. The minimum absolute atomic E-state index is 0.380. The summed E-state index contributed by atoms with van der Waals surface area (Å²) in [6.45, 7) is 4.36. The molecule has 0 aromatic carbocycles. The van der Waals surface area contributed by atoms with Crippen molar-refractivity contribution in [2.45, 2.75) is 13.8 Å². The van der Waals surface area contributed by atoms with Gasteiger partial charge in [-0.15, -0.1) is 10.7 Å². The van der Waals surface area contributed by atoms with Gasteiger partial charge < -0.3 is 0 Å². The van der Waals surface area contributed by atoms with Crippen molar-refractivity contribution in [3.8, 4) is 0 Å². The molecule has 0 saturated heterocycles. The van der Waals surface area contributed by atoms with Crippen LogP contribution in [0.15, 0.2) is 4.36 Å². The fourth-order valence-corrected chi connectivity index (χ4v) is 1.39. The highest BCUT2D eigenvalue weighted by Crippen LogP contribution is 1.83. The Balaban J connectivity index is 3.38. The van der Waals surface area contributed by atoms with Crippen LogP contribution in [0.5, 0.6) is 0 Å². The molecule has 0 rings (SSSR count). The minimum Gasteiger partial charge on any atom is -0.268 e. The van der Waals surface area contributed by atoms with Crippen molar-refractivity contribution in [2.75, 3.05) is 18.6 Å². The average Bonchev–Trinajstić information content (AvgIpc) is 1.72. The lowest BCUT2D eigenvalue weighted by atomic mass is 11.0. The highest BCUT2D eigenvalue weighted by molar-refractivity contribution is 7.87. The molecule has 44 valence electrons. The monoisotopic (exact) mass is 119 g/mol. The lowest BCUT2D eigenvalue weighted by Crippen LogP contribution is -1.93. The third-order valence-electron chi connectivity index (χ3n) is 0.925. The second-order valence-corrected chi connectivity index (χ2v) is 3.67. The van der Waals surface area contributed by atoms with E-state index in [1.54, 1.807) is 0 Å². The molecule has 0 saturated carbocycles. The largest absolute Gasteiger partial charge is 0.268 e. The maximum absolute atomic E-state index is 4.15. The predicted molar refractivity (Wildman–Crippen MR) is 36.8 cm³/mol. The summed E-state index contributed by atoms with van der Waals surface area (Å²) in [7, 11) is 2.28. The number of hydrogen-bond donors (Lipinski definition) is 0. The van der Waals surface area contributed by atoms with Gasteiger partial charge in [-0.05, 0) is 0 Å². The quantitative estimate of drug-likeness (QED) is 0.522. The maximum atomic E-state index is 4.15. The van der Waals surface area contributed by atoms with E-state index in [2.05, 4.69) is 18.2 Å². The van der Waals surface area contributed by atoms with E-state index in [1.807, 2.05) is 7.05 Å². The highest BCUT2D eigenvalue weighted by Gasteiger charge is 1.81. The van der Waals surface area contributed by atoms with Crippen molar-refractivity contribution >= 4 is 10.7 Å². The molecule has 0 unspecified atom stereocenters. The zero-order chi connectivity index (χ0) is 5.70. The van der Waals surface area contributed by atoms with Crippen molar-refractivity contribution in [1.29, 1.82) is 0 Å². The van der Waals surface area contributed by atoms with E-state index >= 15 is 0 Å². The molecule has 0 aliphatic carbocycles. The molecule has 0 atom stereocenters. The normalized spacial score (nSPS) is 9.71. The van der Waals surface area contributed by atoms with E-state index in [0.717, 1.165) is 0 Å². The Morgan fingerprint density at radius 3 is 1.71 bits per heavy atom. The molecular weight excluding hydrogens is 106 g/mol. The van der Waals surface area contributed by atoms with Gasteiger partial charge in [0.1, 0.15) is 0 Å². The Morgan fingerprint density at radius 1 is 1.29 bits per heavy atom. The Labute approximate surface area is 48.2 Å². The summed E-state index contributed by atoms with van der Waals surface area (Å²) >= 11 is 0. The first-order chi connectivity index (χ1) is 3.35. The molecule has 1 nitrogen and oxygen atoms in total. The van der Waals surface area contributed by atoms with E-state index in [0.29, 0.717) is 10.7 Å². The van der Waals surface area contributed by atoms with E-state index < -0.39 is 0 Å². The SMILES string of the molecule is CCS(CC)=NC. The summed E-state index contributed by atoms with van der Waals surface area (Å²) in [5.41, 5.74) is 0. The van der Waals surface area contributed by atoms with Crippen LogP contribution < -0.4 is 0 Å². The molecule has 0 fully saturated rings. The second kappa shape index (κ2) is 4.31. The first kappa shape index (κ1) is 7.15. The highest BCUT2D eigenvalue weighted by atomic mass is 32.2. The van der Waals surface area contributed by atoms with Gasteiger partial charge >= 0.3 is 0 Å². The standard InChI is InChI=1S/C5H13NS/c1-4-7(5-2)6-3/h4-5H2,1-3H3. The topological polar surface area (TPSA) is 12.4 Å². The van der Waals surface area contributed by atoms with Crippen LogP contribution in [0, 0.1) is 0 Å². The Morgan fingerprint density at radius 2 is 1.71 bits per heavy atom. The zero-order valence-electron chi connectivity index (χ0n) is 5.27. The molecule has 0 N–H and O–H groups in total. The predicted octanol–water partition coefficient (Wildman–Crippen LogP) is 1.46. The lowest BCUT2D eigenvalue weighted by molar-refractivity contribution is 1.39. The van der Waals surface area contributed by atoms with Crippen LogP contribution in [0.2, 0.25) is 0 Å². The van der Waals surface area contributed by atoms with E-state index in [-0.39, 0.29) is 0 Å². The first-order valence-corrected chi connectivity index (χ1v) is 4.14.